The van der Waals surface area contributed by atoms with Crippen LogP contribution in [0.15, 0.2) is 22.6 Å². The van der Waals surface area contributed by atoms with Crippen molar-refractivity contribution in [1.82, 2.24) is 10.3 Å². The number of nitrogens with one attached hydrogen (secondary N) is 1. The number of benzene rings is 1. The second-order valence-electron chi connectivity index (χ2n) is 6.11. The van der Waals surface area contributed by atoms with Crippen molar-refractivity contribution >= 4 is 22.7 Å². The summed E-state index contributed by atoms with van der Waals surface area (Å²) in [6.07, 6.45) is 7.85. The van der Waals surface area contributed by atoms with Gasteiger partial charge in [0.1, 0.15) is 5.52 Å². The molecule has 1 aliphatic carbocycles. The van der Waals surface area contributed by atoms with Gasteiger partial charge in [-0.25, -0.2) is 4.98 Å². The maximum atomic E-state index is 6.01. The molecule has 1 aromatic heterocycles. The van der Waals surface area contributed by atoms with E-state index in [-0.39, 0.29) is 6.04 Å². The van der Waals surface area contributed by atoms with Crippen LogP contribution >= 0.6 is 11.6 Å². The number of aromatic nitrogens is 1. The van der Waals surface area contributed by atoms with Crippen molar-refractivity contribution in [2.24, 2.45) is 5.92 Å². The number of oxazole rings is 1. The van der Waals surface area contributed by atoms with Gasteiger partial charge in [0.25, 0.3) is 0 Å². The van der Waals surface area contributed by atoms with Crippen LogP contribution in [0.1, 0.15) is 50.5 Å². The number of piperidine rings is 1. The third-order valence-electron chi connectivity index (χ3n) is 4.81. The van der Waals surface area contributed by atoms with E-state index in [2.05, 4.69) is 10.3 Å². The van der Waals surface area contributed by atoms with Crippen molar-refractivity contribution in [2.75, 3.05) is 0 Å². The molecule has 4 heteroatoms. The first-order valence-corrected chi connectivity index (χ1v) is 7.99. The Morgan fingerprint density at radius 2 is 2.05 bits per heavy atom. The molecule has 1 N–H and O–H groups in total. The average molecular weight is 291 g/mol. The highest BCUT2D eigenvalue weighted by Crippen LogP contribution is 2.37. The summed E-state index contributed by atoms with van der Waals surface area (Å²) in [5.74, 6) is 1.69. The van der Waals surface area contributed by atoms with Crippen LogP contribution < -0.4 is 5.32 Å². The Morgan fingerprint density at radius 1 is 1.15 bits per heavy atom. The quantitative estimate of drug-likeness (QED) is 0.842. The molecule has 0 spiro atoms. The van der Waals surface area contributed by atoms with Crippen LogP contribution in [0, 0.1) is 5.92 Å². The van der Waals surface area contributed by atoms with Crippen LogP contribution in [0.4, 0.5) is 0 Å². The Labute approximate surface area is 123 Å². The van der Waals surface area contributed by atoms with Gasteiger partial charge in [-0.3, -0.25) is 0 Å². The molecule has 1 aliphatic heterocycles. The zero-order chi connectivity index (χ0) is 13.5. The van der Waals surface area contributed by atoms with E-state index in [0.717, 1.165) is 29.3 Å². The fraction of sp³-hybridized carbons (Fsp3) is 0.562. The summed E-state index contributed by atoms with van der Waals surface area (Å²) in [5, 5.41) is 4.47. The number of rotatable bonds is 1. The Kier molecular flexibility index (Phi) is 3.20. The van der Waals surface area contributed by atoms with Gasteiger partial charge in [0.05, 0.1) is 6.04 Å². The predicted octanol–water partition coefficient (Wildman–Crippen LogP) is 4.46. The Hall–Kier alpha value is -1.06. The lowest BCUT2D eigenvalue weighted by Gasteiger charge is -2.39. The van der Waals surface area contributed by atoms with E-state index in [9.17, 15) is 0 Å². The van der Waals surface area contributed by atoms with E-state index >= 15 is 0 Å². The molecule has 2 aliphatic rings. The van der Waals surface area contributed by atoms with Gasteiger partial charge in [-0.1, -0.05) is 24.4 Å². The van der Waals surface area contributed by atoms with Crippen molar-refractivity contribution in [3.05, 3.63) is 29.1 Å². The molecule has 106 valence electrons. The van der Waals surface area contributed by atoms with Crippen LogP contribution in [0.5, 0.6) is 0 Å². The highest BCUT2D eigenvalue weighted by atomic mass is 35.5. The summed E-state index contributed by atoms with van der Waals surface area (Å²) in [6, 6.07) is 6.54. The van der Waals surface area contributed by atoms with E-state index < -0.39 is 0 Å². The van der Waals surface area contributed by atoms with E-state index in [1.165, 1.54) is 32.1 Å². The van der Waals surface area contributed by atoms with Crippen LogP contribution in [0.2, 0.25) is 5.02 Å². The highest BCUT2D eigenvalue weighted by molar-refractivity contribution is 6.31. The molecule has 1 saturated carbocycles. The van der Waals surface area contributed by atoms with Crippen LogP contribution in [0.25, 0.3) is 11.1 Å². The van der Waals surface area contributed by atoms with Gasteiger partial charge in [-0.15, -0.1) is 0 Å². The van der Waals surface area contributed by atoms with Gasteiger partial charge in [0.2, 0.25) is 5.89 Å². The maximum Gasteiger partial charge on any atom is 0.212 e. The van der Waals surface area contributed by atoms with Crippen LogP contribution in [0.3, 0.4) is 0 Å². The number of hydrogen-bond donors (Lipinski definition) is 1. The molecule has 2 aromatic rings. The topological polar surface area (TPSA) is 38.1 Å². The molecule has 3 atom stereocenters. The summed E-state index contributed by atoms with van der Waals surface area (Å²) >= 11 is 6.01. The minimum atomic E-state index is 0.264. The Balaban J connectivity index is 1.59. The summed E-state index contributed by atoms with van der Waals surface area (Å²) in [6.45, 7) is 0. The van der Waals surface area contributed by atoms with Gasteiger partial charge in [-0.2, -0.15) is 0 Å². The average Bonchev–Trinajstić information content (AvgIpc) is 2.89. The minimum absolute atomic E-state index is 0.264. The molecular formula is C16H19ClN2O. The maximum absolute atomic E-state index is 6.01. The van der Waals surface area contributed by atoms with Gasteiger partial charge in [-0.05, 0) is 49.8 Å². The molecule has 2 fully saturated rings. The summed E-state index contributed by atoms with van der Waals surface area (Å²) < 4.78 is 5.91. The zero-order valence-electron chi connectivity index (χ0n) is 11.4. The first kappa shape index (κ1) is 12.7. The molecule has 3 nitrogen and oxygen atoms in total. The van der Waals surface area contributed by atoms with E-state index in [1.807, 2.05) is 18.2 Å². The van der Waals surface area contributed by atoms with E-state index in [1.54, 1.807) is 0 Å². The summed E-state index contributed by atoms with van der Waals surface area (Å²) in [7, 11) is 0. The first-order valence-electron chi connectivity index (χ1n) is 7.61. The molecule has 20 heavy (non-hydrogen) atoms. The second-order valence-corrected chi connectivity index (χ2v) is 6.55. The van der Waals surface area contributed by atoms with Crippen molar-refractivity contribution < 1.29 is 4.42 Å². The third kappa shape index (κ3) is 2.23. The fourth-order valence-electron chi connectivity index (χ4n) is 3.76. The second kappa shape index (κ2) is 5.05. The molecule has 3 unspecified atom stereocenters. The van der Waals surface area contributed by atoms with Crippen LogP contribution in [-0.4, -0.2) is 11.0 Å². The third-order valence-corrected chi connectivity index (χ3v) is 5.05. The lowest BCUT2D eigenvalue weighted by atomic mass is 9.78. The number of hydrogen-bond acceptors (Lipinski definition) is 3. The smallest absolute Gasteiger partial charge is 0.212 e. The summed E-state index contributed by atoms with van der Waals surface area (Å²) in [4.78, 5) is 4.62. The largest absolute Gasteiger partial charge is 0.439 e. The molecule has 0 amide bonds. The minimum Gasteiger partial charge on any atom is -0.439 e. The monoisotopic (exact) mass is 290 g/mol. The predicted molar refractivity (Wildman–Crippen MR) is 79.9 cm³/mol. The standard InChI is InChI=1S/C16H19ClN2O/c17-11-6-8-15-14(9-11)19-16(20-15)13-7-5-10-3-1-2-4-12(10)18-13/h6,8-10,12-13,18H,1-5,7H2. The van der Waals surface area contributed by atoms with Crippen molar-refractivity contribution in [2.45, 2.75) is 50.6 Å². The van der Waals surface area contributed by atoms with Crippen molar-refractivity contribution in [3.63, 3.8) is 0 Å². The first-order chi connectivity index (χ1) is 9.79. The lowest BCUT2D eigenvalue weighted by molar-refractivity contribution is 0.164. The number of nitrogens with zero attached hydrogens (tertiary/aromatic N) is 1. The molecule has 4 rings (SSSR count). The van der Waals surface area contributed by atoms with Gasteiger partial charge in [0, 0.05) is 11.1 Å². The molecule has 0 bridgehead atoms. The number of fused-ring (bicyclic) bond motifs is 2. The van der Waals surface area contributed by atoms with Gasteiger partial charge >= 0.3 is 0 Å². The zero-order valence-corrected chi connectivity index (χ0v) is 12.2. The van der Waals surface area contributed by atoms with E-state index in [0.29, 0.717) is 11.1 Å². The molecule has 2 heterocycles. The molecule has 0 radical (unpaired) electrons. The fourth-order valence-corrected chi connectivity index (χ4v) is 3.92. The van der Waals surface area contributed by atoms with Crippen LogP contribution in [-0.2, 0) is 0 Å². The van der Waals surface area contributed by atoms with Crippen molar-refractivity contribution in [3.8, 4) is 0 Å². The SMILES string of the molecule is Clc1ccc2oc(C3CCC4CCCCC4N3)nc2c1. The van der Waals surface area contributed by atoms with Gasteiger partial charge in [0.15, 0.2) is 5.58 Å². The number of halogens is 1. The molecular weight excluding hydrogens is 272 g/mol. The Morgan fingerprint density at radius 3 is 3.00 bits per heavy atom. The Bertz CT molecular complexity index is 624. The van der Waals surface area contributed by atoms with Gasteiger partial charge < -0.3 is 9.73 Å². The lowest BCUT2D eigenvalue weighted by Crippen LogP contribution is -2.44. The molecule has 1 aromatic carbocycles. The van der Waals surface area contributed by atoms with E-state index in [4.69, 9.17) is 16.0 Å². The van der Waals surface area contributed by atoms with Crippen molar-refractivity contribution in [1.29, 1.82) is 0 Å². The molecule has 1 saturated heterocycles. The normalized spacial score (nSPS) is 30.4. The highest BCUT2D eigenvalue weighted by Gasteiger charge is 2.34. The summed E-state index contributed by atoms with van der Waals surface area (Å²) in [5.41, 5.74) is 1.69.